The van der Waals surface area contributed by atoms with Crippen molar-refractivity contribution < 1.29 is 4.74 Å². The zero-order valence-corrected chi connectivity index (χ0v) is 8.62. The largest absolute Gasteiger partial charge is 0.496 e. The minimum absolute atomic E-state index is 0.625. The maximum atomic E-state index is 5.37. The fourth-order valence-electron chi connectivity index (χ4n) is 2.12. The van der Waals surface area contributed by atoms with Gasteiger partial charge in [0, 0.05) is 12.5 Å². The zero-order valence-electron chi connectivity index (χ0n) is 8.62. The van der Waals surface area contributed by atoms with Gasteiger partial charge in [-0.15, -0.1) is 0 Å². The molecule has 1 aromatic carbocycles. The number of hydrogen-bond donors (Lipinski definition) is 1. The van der Waals surface area contributed by atoms with Gasteiger partial charge in [0.2, 0.25) is 0 Å². The monoisotopic (exact) mass is 191 g/mol. The summed E-state index contributed by atoms with van der Waals surface area (Å²) >= 11 is 0. The molecule has 1 aliphatic heterocycles. The van der Waals surface area contributed by atoms with Crippen molar-refractivity contribution in [3.05, 3.63) is 29.8 Å². The lowest BCUT2D eigenvalue weighted by molar-refractivity contribution is 0.392. The van der Waals surface area contributed by atoms with Gasteiger partial charge in [-0.2, -0.15) is 0 Å². The summed E-state index contributed by atoms with van der Waals surface area (Å²) in [6.45, 7) is 2.24. The Kier molecular flexibility index (Phi) is 3.04. The van der Waals surface area contributed by atoms with Crippen molar-refractivity contribution in [1.82, 2.24) is 5.32 Å². The van der Waals surface area contributed by atoms with Crippen LogP contribution in [0.4, 0.5) is 0 Å². The molecule has 1 saturated heterocycles. The van der Waals surface area contributed by atoms with Crippen molar-refractivity contribution in [2.75, 3.05) is 20.2 Å². The molecule has 0 bridgehead atoms. The van der Waals surface area contributed by atoms with Crippen LogP contribution >= 0.6 is 0 Å². The van der Waals surface area contributed by atoms with Crippen molar-refractivity contribution in [2.45, 2.75) is 18.8 Å². The maximum absolute atomic E-state index is 5.37. The van der Waals surface area contributed by atoms with Gasteiger partial charge >= 0.3 is 0 Å². The van der Waals surface area contributed by atoms with Gasteiger partial charge < -0.3 is 10.1 Å². The highest BCUT2D eigenvalue weighted by atomic mass is 16.5. The first-order chi connectivity index (χ1) is 6.92. The molecule has 1 fully saturated rings. The highest BCUT2D eigenvalue weighted by molar-refractivity contribution is 5.36. The average Bonchev–Trinajstić information content (AvgIpc) is 2.30. The molecule has 1 unspecified atom stereocenters. The lowest BCUT2D eigenvalue weighted by Crippen LogP contribution is -2.28. The average molecular weight is 191 g/mol. The Balaban J connectivity index is 2.20. The molecule has 76 valence electrons. The number of rotatable bonds is 2. The van der Waals surface area contributed by atoms with Crippen molar-refractivity contribution in [1.29, 1.82) is 0 Å². The summed E-state index contributed by atoms with van der Waals surface area (Å²) in [5.41, 5.74) is 1.35. The van der Waals surface area contributed by atoms with Crippen LogP contribution in [0.5, 0.6) is 5.75 Å². The minimum Gasteiger partial charge on any atom is -0.496 e. The molecule has 2 heteroatoms. The van der Waals surface area contributed by atoms with E-state index in [9.17, 15) is 0 Å². The van der Waals surface area contributed by atoms with E-state index in [0.29, 0.717) is 5.92 Å². The molecule has 0 saturated carbocycles. The third-order valence-corrected chi connectivity index (χ3v) is 2.88. The van der Waals surface area contributed by atoms with Crippen LogP contribution in [0.25, 0.3) is 0 Å². The van der Waals surface area contributed by atoms with Crippen LogP contribution in [0.15, 0.2) is 24.3 Å². The number of benzene rings is 1. The molecule has 0 aromatic heterocycles. The standard InChI is InChI=1S/C12H17NO/c1-14-12-7-3-2-6-11(12)10-5-4-8-13-9-10/h2-3,6-7,10,13H,4-5,8-9H2,1H3. The van der Waals surface area contributed by atoms with E-state index in [2.05, 4.69) is 17.4 Å². The van der Waals surface area contributed by atoms with Crippen molar-refractivity contribution in [3.8, 4) is 5.75 Å². The third-order valence-electron chi connectivity index (χ3n) is 2.88. The highest BCUT2D eigenvalue weighted by Gasteiger charge is 2.17. The molecule has 1 N–H and O–H groups in total. The fourth-order valence-corrected chi connectivity index (χ4v) is 2.12. The van der Waals surface area contributed by atoms with Crippen LogP contribution in [0, 0.1) is 0 Å². The molecule has 2 rings (SSSR count). The van der Waals surface area contributed by atoms with E-state index < -0.39 is 0 Å². The molecular weight excluding hydrogens is 174 g/mol. The normalized spacial score (nSPS) is 21.9. The van der Waals surface area contributed by atoms with Gasteiger partial charge in [-0.25, -0.2) is 0 Å². The Morgan fingerprint density at radius 3 is 2.93 bits per heavy atom. The first-order valence-electron chi connectivity index (χ1n) is 5.25. The van der Waals surface area contributed by atoms with Crippen molar-refractivity contribution in [3.63, 3.8) is 0 Å². The van der Waals surface area contributed by atoms with E-state index in [-0.39, 0.29) is 0 Å². The number of methoxy groups -OCH3 is 1. The molecule has 1 atom stereocenters. The van der Waals surface area contributed by atoms with Crippen LogP contribution in [-0.4, -0.2) is 20.2 Å². The van der Waals surface area contributed by atoms with Crippen molar-refractivity contribution >= 4 is 0 Å². The molecule has 0 aliphatic carbocycles. The quantitative estimate of drug-likeness (QED) is 0.773. The van der Waals surface area contributed by atoms with Crippen LogP contribution in [0.1, 0.15) is 24.3 Å². The molecule has 2 nitrogen and oxygen atoms in total. The molecule has 0 radical (unpaired) electrons. The lowest BCUT2D eigenvalue weighted by Gasteiger charge is -2.24. The van der Waals surface area contributed by atoms with E-state index >= 15 is 0 Å². The zero-order chi connectivity index (χ0) is 9.80. The van der Waals surface area contributed by atoms with E-state index in [0.717, 1.165) is 18.8 Å². The SMILES string of the molecule is COc1ccccc1C1CCCNC1. The van der Waals surface area contributed by atoms with Gasteiger partial charge in [0.25, 0.3) is 0 Å². The lowest BCUT2D eigenvalue weighted by atomic mass is 9.91. The second-order valence-corrected chi connectivity index (χ2v) is 3.79. The molecule has 0 amide bonds. The Morgan fingerprint density at radius 1 is 1.36 bits per heavy atom. The second kappa shape index (κ2) is 4.47. The summed E-state index contributed by atoms with van der Waals surface area (Å²) in [6, 6.07) is 8.34. The fraction of sp³-hybridized carbons (Fsp3) is 0.500. The molecule has 14 heavy (non-hydrogen) atoms. The smallest absolute Gasteiger partial charge is 0.122 e. The molecule has 1 aromatic rings. The van der Waals surface area contributed by atoms with Crippen LogP contribution < -0.4 is 10.1 Å². The van der Waals surface area contributed by atoms with Gasteiger partial charge in [0.15, 0.2) is 0 Å². The summed E-state index contributed by atoms with van der Waals surface area (Å²) in [4.78, 5) is 0. The van der Waals surface area contributed by atoms with Crippen LogP contribution in [0.2, 0.25) is 0 Å². The Hall–Kier alpha value is -1.02. The first-order valence-corrected chi connectivity index (χ1v) is 5.25. The summed E-state index contributed by atoms with van der Waals surface area (Å²) in [7, 11) is 1.75. The summed E-state index contributed by atoms with van der Waals surface area (Å²) in [5, 5.41) is 3.43. The summed E-state index contributed by atoms with van der Waals surface area (Å²) in [5.74, 6) is 1.65. The first kappa shape index (κ1) is 9.53. The van der Waals surface area contributed by atoms with E-state index in [1.807, 2.05) is 12.1 Å². The number of nitrogens with one attached hydrogen (secondary N) is 1. The van der Waals surface area contributed by atoms with E-state index in [1.54, 1.807) is 7.11 Å². The maximum Gasteiger partial charge on any atom is 0.122 e. The predicted octanol–water partition coefficient (Wildman–Crippen LogP) is 2.16. The van der Waals surface area contributed by atoms with Gasteiger partial charge in [0.1, 0.15) is 5.75 Å². The highest BCUT2D eigenvalue weighted by Crippen LogP contribution is 2.30. The number of hydrogen-bond acceptors (Lipinski definition) is 2. The van der Waals surface area contributed by atoms with Gasteiger partial charge in [-0.3, -0.25) is 0 Å². The summed E-state index contributed by atoms with van der Waals surface area (Å²) < 4.78 is 5.37. The third kappa shape index (κ3) is 1.90. The topological polar surface area (TPSA) is 21.3 Å². The van der Waals surface area contributed by atoms with Gasteiger partial charge in [-0.1, -0.05) is 18.2 Å². The molecule has 1 aliphatic rings. The minimum atomic E-state index is 0.625. The van der Waals surface area contributed by atoms with E-state index in [4.69, 9.17) is 4.74 Å². The van der Waals surface area contributed by atoms with Crippen LogP contribution in [-0.2, 0) is 0 Å². The molecule has 1 heterocycles. The number of ether oxygens (including phenoxy) is 1. The van der Waals surface area contributed by atoms with Crippen LogP contribution in [0.3, 0.4) is 0 Å². The van der Waals surface area contributed by atoms with E-state index in [1.165, 1.54) is 18.4 Å². The molecule has 0 spiro atoms. The number of piperidine rings is 1. The van der Waals surface area contributed by atoms with Gasteiger partial charge in [-0.05, 0) is 31.0 Å². The van der Waals surface area contributed by atoms with Crippen molar-refractivity contribution in [2.24, 2.45) is 0 Å². The number of para-hydroxylation sites is 1. The Labute approximate surface area is 85.3 Å². The second-order valence-electron chi connectivity index (χ2n) is 3.79. The summed E-state index contributed by atoms with van der Waals surface area (Å²) in [6.07, 6.45) is 2.54. The predicted molar refractivity (Wildman–Crippen MR) is 57.8 cm³/mol. The Morgan fingerprint density at radius 2 is 2.21 bits per heavy atom. The Bertz CT molecular complexity index is 292. The van der Waals surface area contributed by atoms with Gasteiger partial charge in [0.05, 0.1) is 7.11 Å². The molecular formula is C12H17NO.